The molecule has 1 aliphatic rings. The Morgan fingerprint density at radius 1 is 1.32 bits per heavy atom. The van der Waals surface area contributed by atoms with Gasteiger partial charge >= 0.3 is 5.97 Å². The first-order valence-corrected chi connectivity index (χ1v) is 10.6. The number of aromatic nitrogens is 1. The summed E-state index contributed by atoms with van der Waals surface area (Å²) in [6.07, 6.45) is 3.01. The highest BCUT2D eigenvalue weighted by Crippen LogP contribution is 2.43. The molecule has 0 bridgehead atoms. The number of hydrogen-bond donors (Lipinski definition) is 0. The molecule has 0 amide bonds. The maximum absolute atomic E-state index is 12.8. The van der Waals surface area contributed by atoms with Gasteiger partial charge in [0.05, 0.1) is 18.8 Å². The third-order valence-corrected chi connectivity index (χ3v) is 5.62. The smallest absolute Gasteiger partial charge is 0.340 e. The topological polar surface area (TPSA) is 57.7 Å². The summed E-state index contributed by atoms with van der Waals surface area (Å²) in [6, 6.07) is 2.14. The van der Waals surface area contributed by atoms with Crippen LogP contribution in [0.4, 0.5) is 0 Å². The molecule has 0 spiro atoms. The van der Waals surface area contributed by atoms with Crippen molar-refractivity contribution in [3.63, 3.8) is 0 Å². The van der Waals surface area contributed by atoms with E-state index in [1.54, 1.807) is 11.3 Å². The van der Waals surface area contributed by atoms with E-state index in [4.69, 9.17) is 14.2 Å². The Balaban J connectivity index is 2.12. The largest absolute Gasteiger partial charge is 0.477 e. The molecule has 6 heteroatoms. The fourth-order valence-electron chi connectivity index (χ4n) is 3.55. The van der Waals surface area contributed by atoms with E-state index in [1.165, 1.54) is 0 Å². The first-order valence-electron chi connectivity index (χ1n) is 9.77. The fourth-order valence-corrected chi connectivity index (χ4v) is 4.66. The normalized spacial score (nSPS) is 14.9. The quantitative estimate of drug-likeness (QED) is 0.645. The van der Waals surface area contributed by atoms with Gasteiger partial charge in [-0.1, -0.05) is 0 Å². The Labute approximate surface area is 171 Å². The van der Waals surface area contributed by atoms with Gasteiger partial charge < -0.3 is 14.2 Å². The SMILES string of the molecule is CCOC(=O)C(OC(C)(C)C)c1c(C)sc(C)c1-c1cnc2c(c1)CCCO2. The van der Waals surface area contributed by atoms with Crippen LogP contribution in [0.15, 0.2) is 12.3 Å². The van der Waals surface area contributed by atoms with Crippen LogP contribution >= 0.6 is 11.3 Å². The molecular formula is C22H29NO4S. The van der Waals surface area contributed by atoms with Crippen LogP contribution in [0.2, 0.25) is 0 Å². The number of rotatable bonds is 5. The minimum Gasteiger partial charge on any atom is -0.477 e. The van der Waals surface area contributed by atoms with Crippen molar-refractivity contribution in [1.29, 1.82) is 0 Å². The first kappa shape index (κ1) is 20.8. The average Bonchev–Trinajstić information content (AvgIpc) is 2.92. The van der Waals surface area contributed by atoms with Crippen molar-refractivity contribution < 1.29 is 19.0 Å². The number of esters is 1. The van der Waals surface area contributed by atoms with E-state index in [9.17, 15) is 4.79 Å². The number of carbonyl (C=O) groups is 1. The number of pyridine rings is 1. The van der Waals surface area contributed by atoms with Crippen molar-refractivity contribution in [1.82, 2.24) is 4.98 Å². The second kappa shape index (κ2) is 8.21. The summed E-state index contributed by atoms with van der Waals surface area (Å²) in [5, 5.41) is 0. The van der Waals surface area contributed by atoms with Crippen LogP contribution in [-0.4, -0.2) is 29.8 Å². The van der Waals surface area contributed by atoms with E-state index in [-0.39, 0.29) is 5.97 Å². The van der Waals surface area contributed by atoms with Crippen LogP contribution in [0.3, 0.4) is 0 Å². The lowest BCUT2D eigenvalue weighted by Gasteiger charge is -2.27. The molecule has 1 aliphatic heterocycles. The molecule has 0 fully saturated rings. The van der Waals surface area contributed by atoms with Gasteiger partial charge in [-0.05, 0) is 60.5 Å². The Morgan fingerprint density at radius 3 is 2.75 bits per heavy atom. The molecule has 0 aromatic carbocycles. The predicted octanol–water partition coefficient (Wildman–Crippen LogP) is 5.17. The van der Waals surface area contributed by atoms with Crippen LogP contribution < -0.4 is 4.74 Å². The van der Waals surface area contributed by atoms with Gasteiger partial charge in [-0.25, -0.2) is 9.78 Å². The molecule has 0 saturated carbocycles. The lowest BCUT2D eigenvalue weighted by Crippen LogP contribution is -2.29. The van der Waals surface area contributed by atoms with Crippen molar-refractivity contribution in [2.75, 3.05) is 13.2 Å². The van der Waals surface area contributed by atoms with Gasteiger partial charge in [0, 0.05) is 38.2 Å². The highest BCUT2D eigenvalue weighted by atomic mass is 32.1. The van der Waals surface area contributed by atoms with E-state index < -0.39 is 11.7 Å². The average molecular weight is 404 g/mol. The number of hydrogen-bond acceptors (Lipinski definition) is 6. The highest BCUT2D eigenvalue weighted by Gasteiger charge is 2.34. The molecule has 152 valence electrons. The molecule has 0 aliphatic carbocycles. The lowest BCUT2D eigenvalue weighted by atomic mass is 9.95. The summed E-state index contributed by atoms with van der Waals surface area (Å²) >= 11 is 1.67. The maximum atomic E-state index is 12.8. The Hall–Kier alpha value is -1.92. The van der Waals surface area contributed by atoms with Crippen LogP contribution in [0.5, 0.6) is 5.88 Å². The molecule has 0 saturated heterocycles. The Kier molecular flexibility index (Phi) is 6.10. The zero-order chi connectivity index (χ0) is 20.5. The van der Waals surface area contributed by atoms with Crippen molar-refractivity contribution in [2.24, 2.45) is 0 Å². The zero-order valence-electron chi connectivity index (χ0n) is 17.5. The summed E-state index contributed by atoms with van der Waals surface area (Å²) < 4.78 is 17.2. The summed E-state index contributed by atoms with van der Waals surface area (Å²) in [7, 11) is 0. The zero-order valence-corrected chi connectivity index (χ0v) is 18.4. The van der Waals surface area contributed by atoms with Gasteiger partial charge in [0.2, 0.25) is 5.88 Å². The van der Waals surface area contributed by atoms with Gasteiger partial charge in [0.15, 0.2) is 6.10 Å². The molecular weight excluding hydrogens is 374 g/mol. The second-order valence-corrected chi connectivity index (χ2v) is 9.43. The molecule has 0 radical (unpaired) electrons. The molecule has 3 heterocycles. The standard InChI is InChI=1S/C22H29NO4S/c1-7-25-21(24)19(27-22(4,5)6)18-14(3)28-13(2)17(18)16-11-15-9-8-10-26-20(15)23-12-16/h11-12,19H,7-10H2,1-6H3. The van der Waals surface area contributed by atoms with Crippen molar-refractivity contribution >= 4 is 17.3 Å². The Bertz CT molecular complexity index is 866. The van der Waals surface area contributed by atoms with Crippen LogP contribution in [0.25, 0.3) is 11.1 Å². The summed E-state index contributed by atoms with van der Waals surface area (Å²) in [5.41, 5.74) is 3.52. The Morgan fingerprint density at radius 2 is 2.07 bits per heavy atom. The van der Waals surface area contributed by atoms with E-state index >= 15 is 0 Å². The number of fused-ring (bicyclic) bond motifs is 1. The summed E-state index contributed by atoms with van der Waals surface area (Å²) in [5.74, 6) is 0.364. The lowest BCUT2D eigenvalue weighted by molar-refractivity contribution is -0.166. The molecule has 1 atom stereocenters. The van der Waals surface area contributed by atoms with Gasteiger partial charge in [-0.2, -0.15) is 0 Å². The molecule has 0 N–H and O–H groups in total. The van der Waals surface area contributed by atoms with Crippen molar-refractivity contribution in [3.8, 4) is 17.0 Å². The molecule has 5 nitrogen and oxygen atoms in total. The van der Waals surface area contributed by atoms with E-state index in [1.807, 2.05) is 40.8 Å². The minimum absolute atomic E-state index is 0.318. The fraction of sp³-hybridized carbons (Fsp3) is 0.545. The van der Waals surface area contributed by atoms with Crippen molar-refractivity contribution in [3.05, 3.63) is 33.1 Å². The first-order chi connectivity index (χ1) is 13.2. The monoisotopic (exact) mass is 403 g/mol. The number of ether oxygens (including phenoxy) is 3. The highest BCUT2D eigenvalue weighted by molar-refractivity contribution is 7.12. The molecule has 1 unspecified atom stereocenters. The number of nitrogens with zero attached hydrogens (tertiary/aromatic N) is 1. The van der Waals surface area contributed by atoms with E-state index in [2.05, 4.69) is 18.0 Å². The van der Waals surface area contributed by atoms with E-state index in [0.29, 0.717) is 19.1 Å². The van der Waals surface area contributed by atoms with Crippen molar-refractivity contribution in [2.45, 2.75) is 66.1 Å². The van der Waals surface area contributed by atoms with Gasteiger partial charge in [-0.3, -0.25) is 0 Å². The minimum atomic E-state index is -0.771. The third kappa shape index (κ3) is 4.39. The van der Waals surface area contributed by atoms with E-state index in [0.717, 1.165) is 44.8 Å². The molecule has 2 aromatic heterocycles. The van der Waals surface area contributed by atoms with Crippen LogP contribution in [0, 0.1) is 13.8 Å². The molecule has 28 heavy (non-hydrogen) atoms. The molecule has 3 rings (SSSR count). The van der Waals surface area contributed by atoms with Gasteiger partial charge in [0.25, 0.3) is 0 Å². The van der Waals surface area contributed by atoms with Gasteiger partial charge in [-0.15, -0.1) is 11.3 Å². The summed E-state index contributed by atoms with van der Waals surface area (Å²) in [4.78, 5) is 19.5. The molecule has 2 aromatic rings. The maximum Gasteiger partial charge on any atom is 0.340 e. The van der Waals surface area contributed by atoms with Crippen LogP contribution in [0.1, 0.15) is 61.1 Å². The predicted molar refractivity (Wildman–Crippen MR) is 111 cm³/mol. The third-order valence-electron chi connectivity index (χ3n) is 4.58. The second-order valence-electron chi connectivity index (χ2n) is 8.01. The van der Waals surface area contributed by atoms with Gasteiger partial charge in [0.1, 0.15) is 0 Å². The number of thiophene rings is 1. The summed E-state index contributed by atoms with van der Waals surface area (Å²) in [6.45, 7) is 12.8. The van der Waals surface area contributed by atoms with Crippen LogP contribution in [-0.2, 0) is 20.7 Å². The number of carbonyl (C=O) groups excluding carboxylic acids is 1. The number of aryl methyl sites for hydroxylation is 3.